The lowest BCUT2D eigenvalue weighted by Crippen LogP contribution is -2.28. The van der Waals surface area contributed by atoms with Gasteiger partial charge in [-0.15, -0.1) is 0 Å². The fraction of sp³-hybridized carbons (Fsp3) is 0.417. The van der Waals surface area contributed by atoms with Gasteiger partial charge in [0, 0.05) is 11.6 Å². The molecule has 1 aromatic rings. The van der Waals surface area contributed by atoms with Crippen molar-refractivity contribution >= 4 is 17.3 Å². The first-order valence-corrected chi connectivity index (χ1v) is 5.45. The first-order chi connectivity index (χ1) is 7.70. The monoisotopic (exact) mass is 220 g/mol. The number of hydrogen-bond acceptors (Lipinski definition) is 3. The van der Waals surface area contributed by atoms with Crippen molar-refractivity contribution in [3.63, 3.8) is 0 Å². The number of carbonyl (C=O) groups excluding carboxylic acids is 1. The second-order valence-corrected chi connectivity index (χ2v) is 4.07. The van der Waals surface area contributed by atoms with Crippen molar-refractivity contribution in [2.75, 3.05) is 18.2 Å². The maximum atomic E-state index is 11.7. The summed E-state index contributed by atoms with van der Waals surface area (Å²) in [6.45, 7) is 0. The summed E-state index contributed by atoms with van der Waals surface area (Å²) in [5.41, 5.74) is 7.02. The van der Waals surface area contributed by atoms with Crippen LogP contribution in [0.2, 0.25) is 0 Å². The van der Waals surface area contributed by atoms with Gasteiger partial charge in [0.25, 0.3) is 0 Å². The number of nitrogens with two attached hydrogens (primary N) is 1. The number of benzene rings is 1. The van der Waals surface area contributed by atoms with E-state index in [2.05, 4.69) is 5.32 Å². The standard InChI is InChI=1S/C12H16N2O2/c1-16-11-6-5-9(7-10(11)13)14-12(15)8-3-2-4-8/h5-8H,2-4,13H2,1H3,(H,14,15). The summed E-state index contributed by atoms with van der Waals surface area (Å²) < 4.78 is 5.05. The third-order valence-electron chi connectivity index (χ3n) is 2.97. The van der Waals surface area contributed by atoms with Crippen molar-refractivity contribution < 1.29 is 9.53 Å². The van der Waals surface area contributed by atoms with Crippen molar-refractivity contribution in [3.8, 4) is 5.75 Å². The van der Waals surface area contributed by atoms with Crippen LogP contribution >= 0.6 is 0 Å². The number of amides is 1. The van der Waals surface area contributed by atoms with Crippen molar-refractivity contribution in [2.45, 2.75) is 19.3 Å². The van der Waals surface area contributed by atoms with Gasteiger partial charge in [-0.3, -0.25) is 4.79 Å². The van der Waals surface area contributed by atoms with Gasteiger partial charge in [0.15, 0.2) is 0 Å². The highest BCUT2D eigenvalue weighted by Gasteiger charge is 2.25. The van der Waals surface area contributed by atoms with E-state index in [1.807, 2.05) is 0 Å². The number of anilines is 2. The van der Waals surface area contributed by atoms with E-state index >= 15 is 0 Å². The third kappa shape index (κ3) is 2.10. The predicted molar refractivity (Wildman–Crippen MR) is 63.4 cm³/mol. The first kappa shape index (κ1) is 10.8. The lowest BCUT2D eigenvalue weighted by molar-refractivity contribution is -0.122. The predicted octanol–water partition coefficient (Wildman–Crippen LogP) is 2.02. The zero-order valence-corrected chi connectivity index (χ0v) is 9.32. The Balaban J connectivity index is 2.03. The van der Waals surface area contributed by atoms with Crippen LogP contribution in [-0.4, -0.2) is 13.0 Å². The smallest absolute Gasteiger partial charge is 0.227 e. The fourth-order valence-electron chi connectivity index (χ4n) is 1.73. The molecule has 16 heavy (non-hydrogen) atoms. The molecule has 1 aromatic carbocycles. The van der Waals surface area contributed by atoms with Gasteiger partial charge in [-0.2, -0.15) is 0 Å². The number of rotatable bonds is 3. The molecule has 0 saturated heterocycles. The van der Waals surface area contributed by atoms with E-state index in [-0.39, 0.29) is 11.8 Å². The van der Waals surface area contributed by atoms with Gasteiger partial charge in [-0.05, 0) is 31.0 Å². The molecule has 0 unspecified atom stereocenters. The SMILES string of the molecule is COc1ccc(NC(=O)C2CCC2)cc1N. The summed E-state index contributed by atoms with van der Waals surface area (Å²) >= 11 is 0. The summed E-state index contributed by atoms with van der Waals surface area (Å²) in [5, 5.41) is 2.86. The minimum absolute atomic E-state index is 0.0933. The second-order valence-electron chi connectivity index (χ2n) is 4.07. The summed E-state index contributed by atoms with van der Waals surface area (Å²) in [4.78, 5) is 11.7. The van der Waals surface area contributed by atoms with Crippen molar-refractivity contribution in [2.24, 2.45) is 5.92 Å². The van der Waals surface area contributed by atoms with Crippen LogP contribution < -0.4 is 15.8 Å². The van der Waals surface area contributed by atoms with E-state index in [0.29, 0.717) is 11.4 Å². The van der Waals surface area contributed by atoms with Gasteiger partial charge >= 0.3 is 0 Å². The molecule has 0 atom stereocenters. The molecule has 0 radical (unpaired) electrons. The molecule has 0 aromatic heterocycles. The van der Waals surface area contributed by atoms with Gasteiger partial charge in [-0.1, -0.05) is 6.42 Å². The van der Waals surface area contributed by atoms with Crippen molar-refractivity contribution in [1.29, 1.82) is 0 Å². The molecule has 0 aliphatic heterocycles. The van der Waals surface area contributed by atoms with Crippen LogP contribution in [0.5, 0.6) is 5.75 Å². The Morgan fingerprint density at radius 3 is 2.75 bits per heavy atom. The summed E-state index contributed by atoms with van der Waals surface area (Å²) in [7, 11) is 1.57. The lowest BCUT2D eigenvalue weighted by atomic mass is 9.85. The Morgan fingerprint density at radius 2 is 2.25 bits per heavy atom. The quantitative estimate of drug-likeness (QED) is 0.766. The summed E-state index contributed by atoms with van der Waals surface area (Å²) in [6.07, 6.45) is 3.15. The third-order valence-corrected chi connectivity index (χ3v) is 2.97. The minimum atomic E-state index is 0.0933. The van der Waals surface area contributed by atoms with Crippen molar-refractivity contribution in [1.82, 2.24) is 0 Å². The van der Waals surface area contributed by atoms with Crippen LogP contribution in [0.25, 0.3) is 0 Å². The topological polar surface area (TPSA) is 64.3 Å². The van der Waals surface area contributed by atoms with Gasteiger partial charge in [0.05, 0.1) is 12.8 Å². The Morgan fingerprint density at radius 1 is 1.50 bits per heavy atom. The molecular weight excluding hydrogens is 204 g/mol. The average Bonchev–Trinajstić information content (AvgIpc) is 2.15. The highest BCUT2D eigenvalue weighted by Crippen LogP contribution is 2.29. The number of methoxy groups -OCH3 is 1. The molecule has 1 amide bonds. The molecule has 4 nitrogen and oxygen atoms in total. The van der Waals surface area contributed by atoms with Crippen LogP contribution in [0, 0.1) is 5.92 Å². The Bertz CT molecular complexity index is 400. The molecule has 1 aliphatic carbocycles. The zero-order chi connectivity index (χ0) is 11.5. The van der Waals surface area contributed by atoms with Crippen LogP contribution in [-0.2, 0) is 4.79 Å². The van der Waals surface area contributed by atoms with E-state index in [0.717, 1.165) is 24.9 Å². The lowest BCUT2D eigenvalue weighted by Gasteiger charge is -2.24. The maximum absolute atomic E-state index is 11.7. The Hall–Kier alpha value is -1.71. The molecule has 1 saturated carbocycles. The Kier molecular flexibility index (Phi) is 2.99. The fourth-order valence-corrected chi connectivity index (χ4v) is 1.73. The van der Waals surface area contributed by atoms with E-state index < -0.39 is 0 Å². The van der Waals surface area contributed by atoms with Crippen molar-refractivity contribution in [3.05, 3.63) is 18.2 Å². The van der Waals surface area contributed by atoms with Gasteiger partial charge < -0.3 is 15.8 Å². The van der Waals surface area contributed by atoms with E-state index in [9.17, 15) is 4.79 Å². The normalized spacial score (nSPS) is 15.3. The van der Waals surface area contributed by atoms with Gasteiger partial charge in [-0.25, -0.2) is 0 Å². The molecule has 1 fully saturated rings. The van der Waals surface area contributed by atoms with Crippen LogP contribution in [0.1, 0.15) is 19.3 Å². The second kappa shape index (κ2) is 4.43. The molecule has 3 N–H and O–H groups in total. The number of hydrogen-bond donors (Lipinski definition) is 2. The number of nitrogens with one attached hydrogen (secondary N) is 1. The maximum Gasteiger partial charge on any atom is 0.227 e. The molecule has 0 spiro atoms. The molecule has 4 heteroatoms. The Labute approximate surface area is 94.8 Å². The average molecular weight is 220 g/mol. The number of carbonyl (C=O) groups is 1. The molecular formula is C12H16N2O2. The van der Waals surface area contributed by atoms with Crippen LogP contribution in [0.4, 0.5) is 11.4 Å². The zero-order valence-electron chi connectivity index (χ0n) is 9.32. The molecule has 1 aliphatic rings. The highest BCUT2D eigenvalue weighted by molar-refractivity contribution is 5.93. The van der Waals surface area contributed by atoms with E-state index in [1.165, 1.54) is 0 Å². The van der Waals surface area contributed by atoms with E-state index in [1.54, 1.807) is 25.3 Å². The van der Waals surface area contributed by atoms with Gasteiger partial charge in [0.1, 0.15) is 5.75 Å². The molecule has 0 bridgehead atoms. The van der Waals surface area contributed by atoms with Gasteiger partial charge in [0.2, 0.25) is 5.91 Å². The molecule has 2 rings (SSSR count). The largest absolute Gasteiger partial charge is 0.495 e. The summed E-state index contributed by atoms with van der Waals surface area (Å²) in [5.74, 6) is 0.904. The molecule has 0 heterocycles. The van der Waals surface area contributed by atoms with Crippen LogP contribution in [0.3, 0.4) is 0 Å². The number of ether oxygens (including phenoxy) is 1. The minimum Gasteiger partial charge on any atom is -0.495 e. The number of nitrogen functional groups attached to an aromatic ring is 1. The van der Waals surface area contributed by atoms with Crippen LogP contribution in [0.15, 0.2) is 18.2 Å². The first-order valence-electron chi connectivity index (χ1n) is 5.45. The van der Waals surface area contributed by atoms with E-state index in [4.69, 9.17) is 10.5 Å². The summed E-state index contributed by atoms with van der Waals surface area (Å²) in [6, 6.07) is 5.27. The highest BCUT2D eigenvalue weighted by atomic mass is 16.5. The molecule has 86 valence electrons.